The minimum absolute atomic E-state index is 0.0294. The summed E-state index contributed by atoms with van der Waals surface area (Å²) < 4.78 is 0. The van der Waals surface area contributed by atoms with Crippen molar-refractivity contribution >= 4 is 17.5 Å². The number of carbonyl (C=O) groups is 1. The van der Waals surface area contributed by atoms with Crippen molar-refractivity contribution in [3.8, 4) is 0 Å². The number of fused-ring (bicyclic) bond motifs is 1. The molecule has 20 heavy (non-hydrogen) atoms. The SMILES string of the molecule is CC1Cc2ccccc2N(c2cncc(C(=O)O)n2)C1. The van der Waals surface area contributed by atoms with Crippen LogP contribution < -0.4 is 4.90 Å². The van der Waals surface area contributed by atoms with Gasteiger partial charge in [0.15, 0.2) is 11.5 Å². The molecule has 2 heterocycles. The Labute approximate surface area is 116 Å². The molecule has 0 amide bonds. The van der Waals surface area contributed by atoms with Gasteiger partial charge in [-0.2, -0.15) is 0 Å². The largest absolute Gasteiger partial charge is 0.476 e. The van der Waals surface area contributed by atoms with Crippen molar-refractivity contribution in [2.24, 2.45) is 5.92 Å². The molecular weight excluding hydrogens is 254 g/mol. The first-order chi connectivity index (χ1) is 9.65. The maximum Gasteiger partial charge on any atom is 0.356 e. The Bertz CT molecular complexity index is 657. The third-order valence-electron chi connectivity index (χ3n) is 3.46. The van der Waals surface area contributed by atoms with E-state index < -0.39 is 5.97 Å². The van der Waals surface area contributed by atoms with E-state index in [1.54, 1.807) is 6.20 Å². The Balaban J connectivity index is 2.06. The third-order valence-corrected chi connectivity index (χ3v) is 3.46. The predicted octanol–water partition coefficient (Wildman–Crippen LogP) is 2.51. The second-order valence-electron chi connectivity index (χ2n) is 5.12. The van der Waals surface area contributed by atoms with Gasteiger partial charge in [0.05, 0.1) is 12.4 Å². The Morgan fingerprint density at radius 1 is 1.35 bits per heavy atom. The van der Waals surface area contributed by atoms with Crippen LogP contribution in [0.5, 0.6) is 0 Å². The fraction of sp³-hybridized carbons (Fsp3) is 0.267. The Kier molecular flexibility index (Phi) is 3.10. The standard InChI is InChI=1S/C15H15N3O2/c1-10-6-11-4-2-3-5-13(11)18(9-10)14-8-16-7-12(17-14)15(19)20/h2-5,7-8,10H,6,9H2,1H3,(H,19,20). The quantitative estimate of drug-likeness (QED) is 0.907. The smallest absolute Gasteiger partial charge is 0.356 e. The molecule has 1 aliphatic rings. The number of rotatable bonds is 2. The van der Waals surface area contributed by atoms with Crippen molar-refractivity contribution in [3.63, 3.8) is 0 Å². The van der Waals surface area contributed by atoms with E-state index in [-0.39, 0.29) is 5.69 Å². The van der Waals surface area contributed by atoms with E-state index in [0.717, 1.165) is 18.7 Å². The van der Waals surface area contributed by atoms with Crippen molar-refractivity contribution in [2.45, 2.75) is 13.3 Å². The number of nitrogens with zero attached hydrogens (tertiary/aromatic N) is 3. The number of hydrogen-bond acceptors (Lipinski definition) is 4. The number of aromatic nitrogens is 2. The van der Waals surface area contributed by atoms with Crippen molar-refractivity contribution in [2.75, 3.05) is 11.4 Å². The molecule has 1 N–H and O–H groups in total. The van der Waals surface area contributed by atoms with Crippen LogP contribution in [0, 0.1) is 5.92 Å². The second kappa shape index (κ2) is 4.92. The van der Waals surface area contributed by atoms with Crippen LogP contribution in [0.25, 0.3) is 0 Å². The van der Waals surface area contributed by atoms with E-state index >= 15 is 0 Å². The van der Waals surface area contributed by atoms with Crippen LogP contribution in [-0.4, -0.2) is 27.6 Å². The zero-order chi connectivity index (χ0) is 14.1. The molecule has 5 heteroatoms. The lowest BCUT2D eigenvalue weighted by molar-refractivity contribution is 0.0690. The maximum absolute atomic E-state index is 11.0. The molecule has 102 valence electrons. The Morgan fingerprint density at radius 2 is 2.15 bits per heavy atom. The van der Waals surface area contributed by atoms with Gasteiger partial charge < -0.3 is 10.0 Å². The summed E-state index contributed by atoms with van der Waals surface area (Å²) in [5, 5.41) is 9.03. The molecular formula is C15H15N3O2. The lowest BCUT2D eigenvalue weighted by Gasteiger charge is -2.33. The van der Waals surface area contributed by atoms with E-state index in [4.69, 9.17) is 5.11 Å². The van der Waals surface area contributed by atoms with Gasteiger partial charge in [-0.15, -0.1) is 0 Å². The van der Waals surface area contributed by atoms with Gasteiger partial charge in [0.1, 0.15) is 0 Å². The second-order valence-corrected chi connectivity index (χ2v) is 5.12. The topological polar surface area (TPSA) is 66.3 Å². The van der Waals surface area contributed by atoms with E-state index in [1.165, 1.54) is 11.8 Å². The number of para-hydroxylation sites is 1. The summed E-state index contributed by atoms with van der Waals surface area (Å²) in [6, 6.07) is 8.15. The molecule has 0 bridgehead atoms. The van der Waals surface area contributed by atoms with E-state index in [2.05, 4.69) is 23.0 Å². The van der Waals surface area contributed by atoms with Gasteiger partial charge in [0.25, 0.3) is 0 Å². The number of hydrogen-bond donors (Lipinski definition) is 1. The summed E-state index contributed by atoms with van der Waals surface area (Å²) in [5.74, 6) is 0.0155. The first-order valence-electron chi connectivity index (χ1n) is 6.56. The number of aromatic carboxylic acids is 1. The highest BCUT2D eigenvalue weighted by Crippen LogP contribution is 2.33. The van der Waals surface area contributed by atoms with Crippen LogP contribution in [0.3, 0.4) is 0 Å². The minimum atomic E-state index is -1.06. The lowest BCUT2D eigenvalue weighted by Crippen LogP contribution is -2.31. The summed E-state index contributed by atoms with van der Waals surface area (Å²) in [5.41, 5.74) is 2.31. The molecule has 5 nitrogen and oxygen atoms in total. The van der Waals surface area contributed by atoms with Crippen LogP contribution >= 0.6 is 0 Å². The van der Waals surface area contributed by atoms with Crippen LogP contribution in [0.4, 0.5) is 11.5 Å². The number of benzene rings is 1. The molecule has 2 aromatic rings. The molecule has 0 spiro atoms. The lowest BCUT2D eigenvalue weighted by atomic mass is 9.94. The minimum Gasteiger partial charge on any atom is -0.476 e. The summed E-state index contributed by atoms with van der Waals surface area (Å²) >= 11 is 0. The van der Waals surface area contributed by atoms with Gasteiger partial charge in [-0.3, -0.25) is 4.98 Å². The van der Waals surface area contributed by atoms with E-state index in [0.29, 0.717) is 11.7 Å². The summed E-state index contributed by atoms with van der Waals surface area (Å²) in [6.45, 7) is 2.99. The highest BCUT2D eigenvalue weighted by atomic mass is 16.4. The molecule has 0 saturated heterocycles. The van der Waals surface area contributed by atoms with Crippen LogP contribution in [0.15, 0.2) is 36.7 Å². The monoisotopic (exact) mass is 269 g/mol. The molecule has 1 aromatic heterocycles. The Morgan fingerprint density at radius 3 is 2.95 bits per heavy atom. The summed E-state index contributed by atoms with van der Waals surface area (Å²) in [7, 11) is 0. The van der Waals surface area contributed by atoms with Crippen LogP contribution in [0.1, 0.15) is 23.0 Å². The number of anilines is 2. The molecule has 0 radical (unpaired) electrons. The highest BCUT2D eigenvalue weighted by Gasteiger charge is 2.24. The number of carboxylic acids is 1. The van der Waals surface area contributed by atoms with Crippen molar-refractivity contribution in [1.82, 2.24) is 9.97 Å². The average molecular weight is 269 g/mol. The van der Waals surface area contributed by atoms with Gasteiger partial charge in [-0.25, -0.2) is 9.78 Å². The first kappa shape index (κ1) is 12.6. The molecule has 1 aromatic carbocycles. The molecule has 0 saturated carbocycles. The van der Waals surface area contributed by atoms with E-state index in [9.17, 15) is 4.79 Å². The molecule has 0 aliphatic carbocycles. The molecule has 1 atom stereocenters. The molecule has 0 fully saturated rings. The predicted molar refractivity (Wildman–Crippen MR) is 75.3 cm³/mol. The van der Waals surface area contributed by atoms with Crippen molar-refractivity contribution in [1.29, 1.82) is 0 Å². The van der Waals surface area contributed by atoms with Crippen molar-refractivity contribution in [3.05, 3.63) is 47.9 Å². The van der Waals surface area contributed by atoms with E-state index in [1.807, 2.05) is 23.1 Å². The average Bonchev–Trinajstić information content (AvgIpc) is 2.46. The highest BCUT2D eigenvalue weighted by molar-refractivity contribution is 5.85. The fourth-order valence-corrected chi connectivity index (χ4v) is 2.60. The van der Waals surface area contributed by atoms with Gasteiger partial charge in [0.2, 0.25) is 0 Å². The Hall–Kier alpha value is -2.43. The van der Waals surface area contributed by atoms with Crippen LogP contribution in [-0.2, 0) is 6.42 Å². The zero-order valence-corrected chi connectivity index (χ0v) is 11.2. The van der Waals surface area contributed by atoms with Gasteiger partial charge in [-0.05, 0) is 24.0 Å². The van der Waals surface area contributed by atoms with Crippen LogP contribution in [0.2, 0.25) is 0 Å². The van der Waals surface area contributed by atoms with Crippen molar-refractivity contribution < 1.29 is 9.90 Å². The maximum atomic E-state index is 11.0. The van der Waals surface area contributed by atoms with Gasteiger partial charge in [0, 0.05) is 12.2 Å². The zero-order valence-electron chi connectivity index (χ0n) is 11.2. The summed E-state index contributed by atoms with van der Waals surface area (Å²) in [4.78, 5) is 21.3. The molecule has 3 rings (SSSR count). The third kappa shape index (κ3) is 2.22. The molecule has 1 aliphatic heterocycles. The van der Waals surface area contributed by atoms with Gasteiger partial charge in [-0.1, -0.05) is 25.1 Å². The first-order valence-corrected chi connectivity index (χ1v) is 6.56. The number of carboxylic acid groups (broad SMARTS) is 1. The summed E-state index contributed by atoms with van der Waals surface area (Å²) in [6.07, 6.45) is 3.91. The van der Waals surface area contributed by atoms with Gasteiger partial charge >= 0.3 is 5.97 Å². The molecule has 1 unspecified atom stereocenters. The fourth-order valence-electron chi connectivity index (χ4n) is 2.60. The normalized spacial score (nSPS) is 17.6.